The lowest BCUT2D eigenvalue weighted by atomic mass is 9.98. The smallest absolute Gasteiger partial charge is 0.328 e. The van der Waals surface area contributed by atoms with E-state index in [-0.39, 0.29) is 11.7 Å². The van der Waals surface area contributed by atoms with Crippen LogP contribution in [0.15, 0.2) is 41.1 Å². The summed E-state index contributed by atoms with van der Waals surface area (Å²) in [5.41, 5.74) is 1.92. The predicted molar refractivity (Wildman–Crippen MR) is 120 cm³/mol. The van der Waals surface area contributed by atoms with Crippen LogP contribution in [0.3, 0.4) is 0 Å². The lowest BCUT2D eigenvalue weighted by Crippen LogP contribution is -2.43. The van der Waals surface area contributed by atoms with Crippen LogP contribution in [0, 0.1) is 0 Å². The molecule has 3 N–H and O–H groups in total. The van der Waals surface area contributed by atoms with Gasteiger partial charge in [0.15, 0.2) is 5.89 Å². The van der Waals surface area contributed by atoms with Crippen LogP contribution in [0.25, 0.3) is 10.9 Å². The second-order valence-electron chi connectivity index (χ2n) is 8.20. The maximum absolute atomic E-state index is 12.9. The molecule has 0 radical (unpaired) electrons. The molecular formula is C24H30N4O4. The van der Waals surface area contributed by atoms with Crippen molar-refractivity contribution in [3.63, 3.8) is 0 Å². The Kier molecular flexibility index (Phi) is 7.21. The summed E-state index contributed by atoms with van der Waals surface area (Å²) in [5.74, 6) is -0.0110. The summed E-state index contributed by atoms with van der Waals surface area (Å²) in [7, 11) is 0. The summed E-state index contributed by atoms with van der Waals surface area (Å²) >= 11 is 0. The Labute approximate surface area is 187 Å². The Morgan fingerprint density at radius 2 is 2.09 bits per heavy atom. The molecular weight excluding hydrogens is 408 g/mol. The zero-order valence-electron chi connectivity index (χ0n) is 18.4. The summed E-state index contributed by atoms with van der Waals surface area (Å²) in [5, 5.41) is 7.12. The molecule has 170 valence electrons. The molecule has 0 bridgehead atoms. The van der Waals surface area contributed by atoms with Crippen LogP contribution < -0.4 is 10.6 Å². The Balaban J connectivity index is 1.48. The third-order valence-corrected chi connectivity index (χ3v) is 5.87. The number of hydrogen-bond donors (Lipinski definition) is 3. The van der Waals surface area contributed by atoms with Gasteiger partial charge in [-0.2, -0.15) is 0 Å². The predicted octanol–water partition coefficient (Wildman–Crippen LogP) is 3.31. The summed E-state index contributed by atoms with van der Waals surface area (Å²) in [4.78, 5) is 33.2. The summed E-state index contributed by atoms with van der Waals surface area (Å²) in [6.07, 6.45) is 7.18. The van der Waals surface area contributed by atoms with E-state index in [4.69, 9.17) is 9.15 Å². The normalized spacial score (nSPS) is 15.5. The van der Waals surface area contributed by atoms with Gasteiger partial charge in [-0.3, -0.25) is 4.79 Å². The first kappa shape index (κ1) is 22.1. The standard InChI is InChI=1S/C24H30N4O4/c1-2-3-12-31-24(30)20(13-17-14-26-19-7-5-4-6-18(17)19)28-22(29)21-15-27-23(32-21)16-8-10-25-11-9-16/h4-7,14-16,20,25-26H,2-3,8-13H2,1H3,(H,28,29). The van der Waals surface area contributed by atoms with Crippen LogP contribution in [-0.4, -0.2) is 47.6 Å². The maximum atomic E-state index is 12.9. The highest BCUT2D eigenvalue weighted by Crippen LogP contribution is 2.25. The first-order valence-electron chi connectivity index (χ1n) is 11.3. The molecule has 3 aromatic rings. The largest absolute Gasteiger partial charge is 0.464 e. The molecule has 3 heterocycles. The number of carbonyl (C=O) groups excluding carboxylic acids is 2. The lowest BCUT2D eigenvalue weighted by Gasteiger charge is -2.19. The molecule has 1 aromatic carbocycles. The molecule has 1 unspecified atom stereocenters. The molecule has 2 aromatic heterocycles. The number of ether oxygens (including phenoxy) is 1. The van der Waals surface area contributed by atoms with Gasteiger partial charge in [-0.05, 0) is 44.0 Å². The van der Waals surface area contributed by atoms with Gasteiger partial charge in [-0.25, -0.2) is 9.78 Å². The summed E-state index contributed by atoms with van der Waals surface area (Å²) in [6.45, 7) is 4.18. The molecule has 8 nitrogen and oxygen atoms in total. The number of hydrogen-bond acceptors (Lipinski definition) is 6. The number of esters is 1. The van der Waals surface area contributed by atoms with Crippen LogP contribution in [-0.2, 0) is 16.0 Å². The van der Waals surface area contributed by atoms with Crippen LogP contribution in [0.4, 0.5) is 0 Å². The molecule has 1 atom stereocenters. The van der Waals surface area contributed by atoms with Crippen molar-refractivity contribution in [1.29, 1.82) is 0 Å². The van der Waals surface area contributed by atoms with Crippen molar-refractivity contribution in [2.45, 2.75) is 51.0 Å². The molecule has 4 rings (SSSR count). The fraction of sp³-hybridized carbons (Fsp3) is 0.458. The zero-order valence-corrected chi connectivity index (χ0v) is 18.4. The zero-order chi connectivity index (χ0) is 22.3. The van der Waals surface area contributed by atoms with Gasteiger partial charge < -0.3 is 24.8 Å². The van der Waals surface area contributed by atoms with E-state index in [1.165, 1.54) is 6.20 Å². The molecule has 1 aliphatic rings. The van der Waals surface area contributed by atoms with Crippen molar-refractivity contribution < 1.29 is 18.7 Å². The molecule has 32 heavy (non-hydrogen) atoms. The molecule has 0 spiro atoms. The number of benzene rings is 1. The second kappa shape index (κ2) is 10.5. The van der Waals surface area contributed by atoms with E-state index in [1.807, 2.05) is 37.4 Å². The summed E-state index contributed by atoms with van der Waals surface area (Å²) < 4.78 is 11.2. The van der Waals surface area contributed by atoms with Gasteiger partial charge in [0, 0.05) is 29.4 Å². The van der Waals surface area contributed by atoms with Crippen molar-refractivity contribution in [2.24, 2.45) is 0 Å². The number of rotatable bonds is 9. The van der Waals surface area contributed by atoms with Crippen molar-refractivity contribution in [1.82, 2.24) is 20.6 Å². The fourth-order valence-corrected chi connectivity index (χ4v) is 4.01. The second-order valence-corrected chi connectivity index (χ2v) is 8.20. The van der Waals surface area contributed by atoms with E-state index in [1.54, 1.807) is 0 Å². The van der Waals surface area contributed by atoms with Gasteiger partial charge in [0.25, 0.3) is 5.91 Å². The number of aromatic amines is 1. The number of oxazole rings is 1. The third-order valence-electron chi connectivity index (χ3n) is 5.87. The van der Waals surface area contributed by atoms with Crippen molar-refractivity contribution in [3.05, 3.63) is 53.9 Å². The van der Waals surface area contributed by atoms with Gasteiger partial charge in [0.2, 0.25) is 5.76 Å². The highest BCUT2D eigenvalue weighted by atomic mass is 16.5. The highest BCUT2D eigenvalue weighted by Gasteiger charge is 2.27. The number of aromatic nitrogens is 2. The molecule has 8 heteroatoms. The highest BCUT2D eigenvalue weighted by molar-refractivity contribution is 5.94. The third kappa shape index (κ3) is 5.19. The van der Waals surface area contributed by atoms with Crippen LogP contribution in [0.1, 0.15) is 60.5 Å². The Morgan fingerprint density at radius 3 is 2.91 bits per heavy atom. The van der Waals surface area contributed by atoms with Gasteiger partial charge in [0.1, 0.15) is 6.04 Å². The van der Waals surface area contributed by atoms with Gasteiger partial charge in [0.05, 0.1) is 12.8 Å². The van der Waals surface area contributed by atoms with Gasteiger partial charge in [-0.1, -0.05) is 31.5 Å². The first-order chi connectivity index (χ1) is 15.7. The number of carbonyl (C=O) groups is 2. The topological polar surface area (TPSA) is 109 Å². The number of unbranched alkanes of at least 4 members (excludes halogenated alkanes) is 1. The van der Waals surface area contributed by atoms with Gasteiger partial charge in [-0.15, -0.1) is 0 Å². The van der Waals surface area contributed by atoms with Crippen LogP contribution in [0.5, 0.6) is 0 Å². The van der Waals surface area contributed by atoms with E-state index < -0.39 is 17.9 Å². The fourth-order valence-electron chi connectivity index (χ4n) is 4.01. The number of fused-ring (bicyclic) bond motifs is 1. The molecule has 1 fully saturated rings. The molecule has 1 amide bonds. The molecule has 0 aliphatic carbocycles. The maximum Gasteiger partial charge on any atom is 0.328 e. The van der Waals surface area contributed by atoms with Crippen molar-refractivity contribution >= 4 is 22.8 Å². The van der Waals surface area contributed by atoms with E-state index in [2.05, 4.69) is 20.6 Å². The van der Waals surface area contributed by atoms with Crippen LogP contribution >= 0.6 is 0 Å². The minimum absolute atomic E-state index is 0.115. The quantitative estimate of drug-likeness (QED) is 0.349. The number of H-pyrrole nitrogens is 1. The Hall–Kier alpha value is -3.13. The van der Waals surface area contributed by atoms with E-state index >= 15 is 0 Å². The van der Waals surface area contributed by atoms with Crippen molar-refractivity contribution in [2.75, 3.05) is 19.7 Å². The van der Waals surface area contributed by atoms with Crippen LogP contribution in [0.2, 0.25) is 0 Å². The number of nitrogens with zero attached hydrogens (tertiary/aromatic N) is 1. The lowest BCUT2D eigenvalue weighted by molar-refractivity contribution is -0.146. The number of piperidine rings is 1. The van der Waals surface area contributed by atoms with E-state index in [0.29, 0.717) is 18.9 Å². The van der Waals surface area contributed by atoms with E-state index in [0.717, 1.165) is 55.2 Å². The molecule has 0 saturated carbocycles. The number of nitrogens with one attached hydrogen (secondary N) is 3. The molecule has 1 saturated heterocycles. The van der Waals surface area contributed by atoms with Crippen molar-refractivity contribution in [3.8, 4) is 0 Å². The average Bonchev–Trinajstić information content (AvgIpc) is 3.47. The monoisotopic (exact) mass is 438 g/mol. The number of para-hydroxylation sites is 1. The molecule has 1 aliphatic heterocycles. The minimum Gasteiger partial charge on any atom is -0.464 e. The first-order valence-corrected chi connectivity index (χ1v) is 11.3. The average molecular weight is 439 g/mol. The minimum atomic E-state index is -0.828. The van der Waals surface area contributed by atoms with Gasteiger partial charge >= 0.3 is 5.97 Å². The SMILES string of the molecule is CCCCOC(=O)C(Cc1c[nH]c2ccccc12)NC(=O)c1cnc(C2CCNCC2)o1. The Morgan fingerprint density at radius 1 is 1.28 bits per heavy atom. The Bertz CT molecular complexity index is 1050. The number of amides is 1. The summed E-state index contributed by atoms with van der Waals surface area (Å²) in [6, 6.07) is 7.03. The van der Waals surface area contributed by atoms with E-state index in [9.17, 15) is 9.59 Å².